The van der Waals surface area contributed by atoms with Crippen LogP contribution in [-0.2, 0) is 4.79 Å². The lowest BCUT2D eigenvalue weighted by atomic mass is 10.3. The zero-order valence-corrected chi connectivity index (χ0v) is 12.5. The molecule has 1 N–H and O–H groups in total. The van der Waals surface area contributed by atoms with Crippen LogP contribution in [0.5, 0.6) is 5.75 Å². The van der Waals surface area contributed by atoms with E-state index < -0.39 is 6.23 Å². The van der Waals surface area contributed by atoms with E-state index >= 15 is 0 Å². The third-order valence-corrected chi connectivity index (χ3v) is 3.46. The Morgan fingerprint density at radius 2 is 1.90 bits per heavy atom. The Bertz CT molecular complexity index is 487. The zero-order chi connectivity index (χ0) is 15.2. The summed E-state index contributed by atoms with van der Waals surface area (Å²) >= 11 is 5.80. The summed E-state index contributed by atoms with van der Waals surface area (Å²) in [6.07, 6.45) is 0.351. The molecule has 1 saturated heterocycles. The number of ether oxygens (including phenoxy) is 1. The average Bonchev–Trinajstić information content (AvgIpc) is 2.49. The molecule has 0 radical (unpaired) electrons. The quantitative estimate of drug-likeness (QED) is 0.678. The summed E-state index contributed by atoms with van der Waals surface area (Å²) in [6, 6.07) is 6.75. The number of hydrogen-bond donors (Lipinski definition) is 1. The van der Waals surface area contributed by atoms with E-state index in [1.165, 1.54) is 0 Å². The fourth-order valence-electron chi connectivity index (χ4n) is 2.04. The predicted molar refractivity (Wildman–Crippen MR) is 79.3 cm³/mol. The lowest BCUT2D eigenvalue weighted by Crippen LogP contribution is -2.53. The van der Waals surface area contributed by atoms with Gasteiger partial charge in [0.2, 0.25) is 6.41 Å². The molecule has 1 aliphatic rings. The van der Waals surface area contributed by atoms with Gasteiger partial charge in [-0.3, -0.25) is 4.79 Å². The molecule has 1 aliphatic heterocycles. The van der Waals surface area contributed by atoms with Crippen LogP contribution in [-0.4, -0.2) is 54.6 Å². The highest BCUT2D eigenvalue weighted by atomic mass is 35.5. The Morgan fingerprint density at radius 3 is 2.48 bits per heavy atom. The van der Waals surface area contributed by atoms with Gasteiger partial charge in [-0.25, -0.2) is 4.79 Å². The van der Waals surface area contributed by atoms with Crippen LogP contribution >= 0.6 is 11.6 Å². The molecule has 3 amide bonds. The topological polar surface area (TPSA) is 61.9 Å². The van der Waals surface area contributed by atoms with Gasteiger partial charge in [0.25, 0.3) is 0 Å². The molecule has 1 aromatic rings. The maximum atomic E-state index is 12.1. The molecule has 0 saturated carbocycles. The van der Waals surface area contributed by atoms with Gasteiger partial charge in [-0.1, -0.05) is 11.6 Å². The largest absolute Gasteiger partial charge is 0.471 e. The molecule has 1 unspecified atom stereocenters. The first kappa shape index (κ1) is 15.4. The number of piperazine rings is 1. The number of amides is 3. The van der Waals surface area contributed by atoms with Crippen molar-refractivity contribution in [2.24, 2.45) is 0 Å². The van der Waals surface area contributed by atoms with E-state index in [1.807, 2.05) is 0 Å². The fraction of sp³-hybridized carbons (Fsp3) is 0.429. The lowest BCUT2D eigenvalue weighted by molar-refractivity contribution is -0.119. The van der Waals surface area contributed by atoms with E-state index in [-0.39, 0.29) is 6.03 Å². The van der Waals surface area contributed by atoms with Crippen LogP contribution in [0, 0.1) is 0 Å². The van der Waals surface area contributed by atoms with Gasteiger partial charge in [-0.05, 0) is 31.2 Å². The van der Waals surface area contributed by atoms with Gasteiger partial charge in [0.1, 0.15) is 5.75 Å². The molecule has 114 valence electrons. The maximum absolute atomic E-state index is 12.1. The second-order valence-electron chi connectivity index (χ2n) is 4.79. The van der Waals surface area contributed by atoms with Crippen LogP contribution < -0.4 is 10.1 Å². The zero-order valence-electron chi connectivity index (χ0n) is 11.8. The molecule has 2 rings (SSSR count). The summed E-state index contributed by atoms with van der Waals surface area (Å²) in [7, 11) is 0. The Morgan fingerprint density at radius 1 is 1.29 bits per heavy atom. The van der Waals surface area contributed by atoms with E-state index in [2.05, 4.69) is 5.32 Å². The number of nitrogens with one attached hydrogen (secondary N) is 1. The molecule has 21 heavy (non-hydrogen) atoms. The maximum Gasteiger partial charge on any atom is 0.320 e. The minimum atomic E-state index is -0.456. The van der Waals surface area contributed by atoms with Crippen LogP contribution in [0.2, 0.25) is 5.02 Å². The molecule has 1 heterocycles. The van der Waals surface area contributed by atoms with Crippen LogP contribution in [0.25, 0.3) is 0 Å². The number of halogens is 1. The second-order valence-corrected chi connectivity index (χ2v) is 5.23. The minimum Gasteiger partial charge on any atom is -0.471 e. The molecular weight excluding hydrogens is 294 g/mol. The number of urea groups is 1. The molecule has 1 fully saturated rings. The number of benzene rings is 1. The van der Waals surface area contributed by atoms with Crippen molar-refractivity contribution in [3.8, 4) is 5.75 Å². The van der Waals surface area contributed by atoms with E-state index in [9.17, 15) is 9.59 Å². The van der Waals surface area contributed by atoms with Gasteiger partial charge in [0.15, 0.2) is 6.23 Å². The Hall–Kier alpha value is -1.95. The monoisotopic (exact) mass is 311 g/mol. The van der Waals surface area contributed by atoms with Gasteiger partial charge in [-0.2, -0.15) is 0 Å². The van der Waals surface area contributed by atoms with Crippen LogP contribution in [0.15, 0.2) is 24.3 Å². The summed E-state index contributed by atoms with van der Waals surface area (Å²) in [5, 5.41) is 3.40. The standard InChI is InChI=1S/C14H18ClN3O3/c1-11(21-13-4-2-12(15)3-5-13)16-14(20)18-8-6-17(10-19)7-9-18/h2-5,10-11H,6-9H2,1H3,(H,16,20). The van der Waals surface area contributed by atoms with Gasteiger partial charge in [0.05, 0.1) is 0 Å². The smallest absolute Gasteiger partial charge is 0.320 e. The van der Waals surface area contributed by atoms with Crippen molar-refractivity contribution in [1.82, 2.24) is 15.1 Å². The minimum absolute atomic E-state index is 0.193. The van der Waals surface area contributed by atoms with E-state index in [1.54, 1.807) is 41.0 Å². The van der Waals surface area contributed by atoms with Crippen molar-refractivity contribution in [2.75, 3.05) is 26.2 Å². The van der Waals surface area contributed by atoms with Crippen LogP contribution in [0.1, 0.15) is 6.92 Å². The van der Waals surface area contributed by atoms with E-state index in [0.29, 0.717) is 37.0 Å². The lowest BCUT2D eigenvalue weighted by Gasteiger charge is -2.33. The summed E-state index contributed by atoms with van der Waals surface area (Å²) in [4.78, 5) is 26.0. The summed E-state index contributed by atoms with van der Waals surface area (Å²) < 4.78 is 5.59. The molecule has 0 spiro atoms. The summed E-state index contributed by atoms with van der Waals surface area (Å²) in [6.45, 7) is 3.93. The molecule has 0 bridgehead atoms. The highest BCUT2D eigenvalue weighted by Crippen LogP contribution is 2.16. The molecule has 1 atom stereocenters. The summed E-state index contributed by atoms with van der Waals surface area (Å²) in [5.74, 6) is 0.637. The Balaban J connectivity index is 1.79. The van der Waals surface area contributed by atoms with Crippen molar-refractivity contribution in [3.05, 3.63) is 29.3 Å². The number of carbonyl (C=O) groups is 2. The van der Waals surface area contributed by atoms with Crippen molar-refractivity contribution < 1.29 is 14.3 Å². The number of nitrogens with zero attached hydrogens (tertiary/aromatic N) is 2. The first-order valence-corrected chi connectivity index (χ1v) is 7.13. The third-order valence-electron chi connectivity index (χ3n) is 3.20. The van der Waals surface area contributed by atoms with Gasteiger partial charge < -0.3 is 19.9 Å². The molecule has 6 nitrogen and oxygen atoms in total. The van der Waals surface area contributed by atoms with Gasteiger partial charge in [-0.15, -0.1) is 0 Å². The number of rotatable bonds is 4. The fourth-order valence-corrected chi connectivity index (χ4v) is 2.17. The SMILES string of the molecule is CC(NC(=O)N1CCN(C=O)CC1)Oc1ccc(Cl)cc1. The van der Waals surface area contributed by atoms with Crippen molar-refractivity contribution in [3.63, 3.8) is 0 Å². The molecular formula is C14H18ClN3O3. The first-order chi connectivity index (χ1) is 10.1. The molecule has 0 aliphatic carbocycles. The van der Waals surface area contributed by atoms with Crippen molar-refractivity contribution in [1.29, 1.82) is 0 Å². The third kappa shape index (κ3) is 4.53. The average molecular weight is 312 g/mol. The number of carbonyl (C=O) groups excluding carboxylic acids is 2. The second kappa shape index (κ2) is 7.17. The Labute approximate surface area is 128 Å². The van der Waals surface area contributed by atoms with Crippen molar-refractivity contribution in [2.45, 2.75) is 13.2 Å². The summed E-state index contributed by atoms with van der Waals surface area (Å²) in [5.41, 5.74) is 0. The molecule has 1 aromatic carbocycles. The number of hydrogen-bond acceptors (Lipinski definition) is 3. The van der Waals surface area contributed by atoms with Crippen LogP contribution in [0.3, 0.4) is 0 Å². The van der Waals surface area contributed by atoms with E-state index in [4.69, 9.17) is 16.3 Å². The van der Waals surface area contributed by atoms with Gasteiger partial charge >= 0.3 is 6.03 Å². The van der Waals surface area contributed by atoms with Gasteiger partial charge in [0, 0.05) is 31.2 Å². The first-order valence-electron chi connectivity index (χ1n) is 6.75. The van der Waals surface area contributed by atoms with Crippen LogP contribution in [0.4, 0.5) is 4.79 Å². The Kier molecular flexibility index (Phi) is 5.27. The normalized spacial score (nSPS) is 16.3. The highest BCUT2D eigenvalue weighted by Gasteiger charge is 2.21. The predicted octanol–water partition coefficient (Wildman–Crippen LogP) is 1.55. The van der Waals surface area contributed by atoms with E-state index in [0.717, 1.165) is 6.41 Å². The highest BCUT2D eigenvalue weighted by molar-refractivity contribution is 6.30. The molecule has 7 heteroatoms. The van der Waals surface area contributed by atoms with Crippen molar-refractivity contribution >= 4 is 24.0 Å². The molecule has 0 aromatic heterocycles.